The van der Waals surface area contributed by atoms with Crippen molar-refractivity contribution >= 4 is 17.5 Å². The third-order valence-corrected chi connectivity index (χ3v) is 2.21. The number of aromatic nitrogens is 2. The molecule has 16 heavy (non-hydrogen) atoms. The minimum absolute atomic E-state index is 0.0433. The molecule has 0 fully saturated rings. The first-order valence-corrected chi connectivity index (χ1v) is 5.27. The smallest absolute Gasteiger partial charge is 0.271 e. The first-order chi connectivity index (χ1) is 7.67. The summed E-state index contributed by atoms with van der Waals surface area (Å²) in [5.74, 6) is 2.20. The van der Waals surface area contributed by atoms with E-state index in [9.17, 15) is 4.79 Å². The van der Waals surface area contributed by atoms with Crippen LogP contribution in [0.4, 0.5) is 0 Å². The Morgan fingerprint density at radius 1 is 1.69 bits per heavy atom. The number of carbonyl (C=O) groups is 1. The van der Waals surface area contributed by atoms with Gasteiger partial charge in [0.25, 0.3) is 5.91 Å². The quantitative estimate of drug-likeness (QED) is 0.811. The largest absolute Gasteiger partial charge is 0.347 e. The summed E-state index contributed by atoms with van der Waals surface area (Å²) < 4.78 is 0. The fraction of sp³-hybridized carbons (Fsp3) is 0.364. The van der Waals surface area contributed by atoms with Crippen LogP contribution in [0, 0.1) is 12.3 Å². The summed E-state index contributed by atoms with van der Waals surface area (Å²) in [5, 5.41) is 2.96. The number of terminal acetylenes is 1. The molecule has 1 rings (SSSR count). The van der Waals surface area contributed by atoms with Crippen molar-refractivity contribution in [3.63, 3.8) is 0 Å². The Bertz CT molecular complexity index is 414. The molecule has 4 nitrogen and oxygen atoms in total. The highest BCUT2D eigenvalue weighted by Crippen LogP contribution is 2.04. The highest BCUT2D eigenvalue weighted by molar-refractivity contribution is 6.29. The molecule has 0 radical (unpaired) electrons. The molecular formula is C11H12ClN3O. The van der Waals surface area contributed by atoms with Crippen molar-refractivity contribution in [1.82, 2.24) is 15.3 Å². The van der Waals surface area contributed by atoms with Gasteiger partial charge in [-0.3, -0.25) is 9.78 Å². The van der Waals surface area contributed by atoms with Crippen LogP contribution in [0.3, 0.4) is 0 Å². The van der Waals surface area contributed by atoms with Gasteiger partial charge >= 0.3 is 0 Å². The number of halogens is 1. The number of carbonyl (C=O) groups excluding carboxylic acids is 1. The standard InChI is InChI=1S/C11H12ClN3O/c1-3-5-8(4-2)14-11(16)9-6-13-7-10(12)15-9/h1,6-8H,4-5H2,2H3,(H,14,16). The van der Waals surface area contributed by atoms with Gasteiger partial charge in [-0.1, -0.05) is 18.5 Å². The van der Waals surface area contributed by atoms with Crippen molar-refractivity contribution in [2.45, 2.75) is 25.8 Å². The lowest BCUT2D eigenvalue weighted by Gasteiger charge is -2.13. The van der Waals surface area contributed by atoms with Crippen molar-refractivity contribution in [1.29, 1.82) is 0 Å². The van der Waals surface area contributed by atoms with E-state index >= 15 is 0 Å². The number of nitrogens with zero attached hydrogens (tertiary/aromatic N) is 2. The first kappa shape index (κ1) is 12.5. The summed E-state index contributed by atoms with van der Waals surface area (Å²) in [5.41, 5.74) is 0.197. The second-order valence-corrected chi connectivity index (χ2v) is 3.60. The van der Waals surface area contributed by atoms with E-state index < -0.39 is 0 Å². The maximum absolute atomic E-state index is 11.7. The van der Waals surface area contributed by atoms with E-state index in [0.717, 1.165) is 6.42 Å². The van der Waals surface area contributed by atoms with Crippen LogP contribution in [0.5, 0.6) is 0 Å². The van der Waals surface area contributed by atoms with E-state index in [1.807, 2.05) is 6.92 Å². The molecule has 84 valence electrons. The third kappa shape index (κ3) is 3.52. The van der Waals surface area contributed by atoms with Gasteiger partial charge in [0.05, 0.1) is 12.4 Å². The van der Waals surface area contributed by atoms with Crippen LogP contribution in [-0.2, 0) is 0 Å². The fourth-order valence-electron chi connectivity index (χ4n) is 1.15. The van der Waals surface area contributed by atoms with E-state index in [2.05, 4.69) is 21.2 Å². The molecule has 0 aliphatic heterocycles. The van der Waals surface area contributed by atoms with Crippen LogP contribution < -0.4 is 5.32 Å². The van der Waals surface area contributed by atoms with Gasteiger partial charge in [-0.2, -0.15) is 0 Å². The molecule has 1 heterocycles. The van der Waals surface area contributed by atoms with Gasteiger partial charge in [0.2, 0.25) is 0 Å². The van der Waals surface area contributed by atoms with Gasteiger partial charge in [-0.05, 0) is 6.42 Å². The van der Waals surface area contributed by atoms with Crippen LogP contribution in [0.1, 0.15) is 30.3 Å². The average molecular weight is 238 g/mol. The van der Waals surface area contributed by atoms with Gasteiger partial charge in [0, 0.05) is 12.5 Å². The zero-order chi connectivity index (χ0) is 12.0. The lowest BCUT2D eigenvalue weighted by molar-refractivity contribution is 0.0931. The Hall–Kier alpha value is -1.60. The van der Waals surface area contributed by atoms with Crippen LogP contribution >= 0.6 is 11.6 Å². The summed E-state index contributed by atoms with van der Waals surface area (Å²) in [4.78, 5) is 19.3. The SMILES string of the molecule is C#CCC(CC)NC(=O)c1cncc(Cl)n1. The minimum atomic E-state index is -0.308. The van der Waals surface area contributed by atoms with Gasteiger partial charge < -0.3 is 5.32 Å². The van der Waals surface area contributed by atoms with Gasteiger partial charge in [0.15, 0.2) is 0 Å². The Balaban J connectivity index is 2.68. The minimum Gasteiger partial charge on any atom is -0.347 e. The van der Waals surface area contributed by atoms with Crippen molar-refractivity contribution in [2.24, 2.45) is 0 Å². The molecule has 1 aromatic heterocycles. The van der Waals surface area contributed by atoms with Gasteiger partial charge in [0.1, 0.15) is 10.8 Å². The van der Waals surface area contributed by atoms with Crippen molar-refractivity contribution < 1.29 is 4.79 Å². The van der Waals surface area contributed by atoms with Gasteiger partial charge in [-0.25, -0.2) is 4.98 Å². The summed E-state index contributed by atoms with van der Waals surface area (Å²) in [6.45, 7) is 1.95. The second-order valence-electron chi connectivity index (χ2n) is 3.21. The summed E-state index contributed by atoms with van der Waals surface area (Å²) in [7, 11) is 0. The molecule has 1 N–H and O–H groups in total. The van der Waals surface area contributed by atoms with Crippen LogP contribution in [0.2, 0.25) is 5.15 Å². The van der Waals surface area contributed by atoms with Crippen LogP contribution in [0.15, 0.2) is 12.4 Å². The number of amides is 1. The van der Waals surface area contributed by atoms with E-state index in [1.165, 1.54) is 12.4 Å². The molecule has 1 amide bonds. The fourth-order valence-corrected chi connectivity index (χ4v) is 1.30. The zero-order valence-electron chi connectivity index (χ0n) is 8.90. The van der Waals surface area contributed by atoms with E-state index in [0.29, 0.717) is 6.42 Å². The number of rotatable bonds is 4. The summed E-state index contributed by atoms with van der Waals surface area (Å²) >= 11 is 5.63. The molecule has 5 heteroatoms. The molecule has 1 unspecified atom stereocenters. The Labute approximate surface area is 99.4 Å². The molecule has 0 bridgehead atoms. The Morgan fingerprint density at radius 3 is 3.00 bits per heavy atom. The third-order valence-electron chi connectivity index (χ3n) is 2.03. The van der Waals surface area contributed by atoms with Crippen molar-refractivity contribution in [2.75, 3.05) is 0 Å². The predicted octanol–water partition coefficient (Wildman–Crippen LogP) is 1.66. The van der Waals surface area contributed by atoms with E-state index in [4.69, 9.17) is 18.0 Å². The van der Waals surface area contributed by atoms with Crippen LogP contribution in [-0.4, -0.2) is 21.9 Å². The number of hydrogen-bond donors (Lipinski definition) is 1. The maximum atomic E-state index is 11.7. The van der Waals surface area contributed by atoms with E-state index in [-0.39, 0.29) is 22.8 Å². The molecular weight excluding hydrogens is 226 g/mol. The number of hydrogen-bond acceptors (Lipinski definition) is 3. The topological polar surface area (TPSA) is 54.9 Å². The van der Waals surface area contributed by atoms with Gasteiger partial charge in [-0.15, -0.1) is 12.3 Å². The number of nitrogens with one attached hydrogen (secondary N) is 1. The molecule has 1 atom stereocenters. The second kappa shape index (κ2) is 6.09. The van der Waals surface area contributed by atoms with E-state index in [1.54, 1.807) is 0 Å². The molecule has 0 spiro atoms. The monoisotopic (exact) mass is 237 g/mol. The lowest BCUT2D eigenvalue weighted by Crippen LogP contribution is -2.34. The molecule has 1 aromatic rings. The molecule has 0 aliphatic rings. The summed E-state index contributed by atoms with van der Waals surface area (Å²) in [6.07, 6.45) is 9.19. The molecule has 0 saturated carbocycles. The highest BCUT2D eigenvalue weighted by atomic mass is 35.5. The summed E-state index contributed by atoms with van der Waals surface area (Å²) in [6, 6.07) is -0.0433. The predicted molar refractivity (Wildman–Crippen MR) is 62.0 cm³/mol. The Kier molecular flexibility index (Phi) is 4.74. The van der Waals surface area contributed by atoms with Crippen molar-refractivity contribution in [3.8, 4) is 12.3 Å². The molecule has 0 saturated heterocycles. The lowest BCUT2D eigenvalue weighted by atomic mass is 10.1. The Morgan fingerprint density at radius 2 is 2.44 bits per heavy atom. The molecule has 0 aliphatic carbocycles. The average Bonchev–Trinajstić information content (AvgIpc) is 2.28. The maximum Gasteiger partial charge on any atom is 0.271 e. The first-order valence-electron chi connectivity index (χ1n) is 4.89. The zero-order valence-corrected chi connectivity index (χ0v) is 9.66. The molecule has 0 aromatic carbocycles. The van der Waals surface area contributed by atoms with Crippen LogP contribution in [0.25, 0.3) is 0 Å². The normalized spacial score (nSPS) is 11.6. The highest BCUT2D eigenvalue weighted by Gasteiger charge is 2.12. The van der Waals surface area contributed by atoms with Crippen molar-refractivity contribution in [3.05, 3.63) is 23.2 Å².